The van der Waals surface area contributed by atoms with Crippen LogP contribution < -0.4 is 0 Å². The highest BCUT2D eigenvalue weighted by Gasteiger charge is 2.13. The Bertz CT molecular complexity index is 563. The third kappa shape index (κ3) is 2.31. The van der Waals surface area contributed by atoms with Crippen molar-refractivity contribution in [3.05, 3.63) is 41.0 Å². The number of benzene rings is 1. The lowest BCUT2D eigenvalue weighted by atomic mass is 10.1. The van der Waals surface area contributed by atoms with E-state index in [-0.39, 0.29) is 5.69 Å². The van der Waals surface area contributed by atoms with Gasteiger partial charge in [-0.3, -0.25) is 4.68 Å². The molecule has 1 heterocycles. The van der Waals surface area contributed by atoms with E-state index in [0.29, 0.717) is 5.02 Å². The van der Waals surface area contributed by atoms with Crippen LogP contribution in [0.15, 0.2) is 30.3 Å². The van der Waals surface area contributed by atoms with Crippen molar-refractivity contribution >= 4 is 17.6 Å². The summed E-state index contributed by atoms with van der Waals surface area (Å²) in [7, 11) is 3.10. The fraction of sp³-hybridized carbons (Fsp3) is 0.167. The number of hydrogen-bond donors (Lipinski definition) is 0. The molecule has 0 bridgehead atoms. The molecule has 2 aromatic rings. The van der Waals surface area contributed by atoms with Gasteiger partial charge < -0.3 is 4.74 Å². The van der Waals surface area contributed by atoms with E-state index in [0.717, 1.165) is 11.3 Å². The molecule has 0 radical (unpaired) electrons. The van der Waals surface area contributed by atoms with Crippen LogP contribution in [0.1, 0.15) is 10.5 Å². The van der Waals surface area contributed by atoms with E-state index in [9.17, 15) is 4.79 Å². The predicted molar refractivity (Wildman–Crippen MR) is 65.0 cm³/mol. The van der Waals surface area contributed by atoms with Gasteiger partial charge in [-0.25, -0.2) is 4.79 Å². The standard InChI is InChI=1S/C12H11ClN2O2/c1-15-11(7-10(14-15)12(16)17-2)8-4-3-5-9(13)6-8/h3-7H,1-2H3. The number of carbonyl (C=O) groups is 1. The molecule has 0 saturated heterocycles. The molecule has 17 heavy (non-hydrogen) atoms. The second-order valence-electron chi connectivity index (χ2n) is 3.54. The first-order chi connectivity index (χ1) is 8.11. The van der Waals surface area contributed by atoms with Crippen LogP contribution in [0.25, 0.3) is 11.3 Å². The maximum atomic E-state index is 11.4. The maximum Gasteiger partial charge on any atom is 0.358 e. The smallest absolute Gasteiger partial charge is 0.358 e. The summed E-state index contributed by atoms with van der Waals surface area (Å²) >= 11 is 5.92. The summed E-state index contributed by atoms with van der Waals surface area (Å²) in [6, 6.07) is 9.05. The molecule has 5 heteroatoms. The van der Waals surface area contributed by atoms with Crippen LogP contribution in [0.4, 0.5) is 0 Å². The van der Waals surface area contributed by atoms with Gasteiger partial charge in [0.2, 0.25) is 0 Å². The fourth-order valence-electron chi connectivity index (χ4n) is 1.59. The summed E-state index contributed by atoms with van der Waals surface area (Å²) in [5, 5.41) is 4.73. The first kappa shape index (κ1) is 11.7. The average molecular weight is 251 g/mol. The molecule has 0 amide bonds. The van der Waals surface area contributed by atoms with Crippen molar-refractivity contribution in [2.24, 2.45) is 7.05 Å². The quantitative estimate of drug-likeness (QED) is 0.770. The largest absolute Gasteiger partial charge is 0.464 e. The normalized spacial score (nSPS) is 10.3. The Morgan fingerprint density at radius 1 is 1.41 bits per heavy atom. The van der Waals surface area contributed by atoms with Crippen LogP contribution in [-0.2, 0) is 11.8 Å². The monoisotopic (exact) mass is 250 g/mol. The van der Waals surface area contributed by atoms with Gasteiger partial charge in [0.05, 0.1) is 12.8 Å². The van der Waals surface area contributed by atoms with Crippen molar-refractivity contribution in [1.82, 2.24) is 9.78 Å². The summed E-state index contributed by atoms with van der Waals surface area (Å²) in [4.78, 5) is 11.4. The molecule has 0 spiro atoms. The number of esters is 1. The van der Waals surface area contributed by atoms with Crippen molar-refractivity contribution in [1.29, 1.82) is 0 Å². The van der Waals surface area contributed by atoms with Gasteiger partial charge in [-0.2, -0.15) is 5.10 Å². The molecule has 0 unspecified atom stereocenters. The van der Waals surface area contributed by atoms with E-state index in [1.807, 2.05) is 18.2 Å². The van der Waals surface area contributed by atoms with Crippen LogP contribution in [0.5, 0.6) is 0 Å². The first-order valence-electron chi connectivity index (χ1n) is 5.00. The van der Waals surface area contributed by atoms with Crippen LogP contribution >= 0.6 is 11.6 Å². The molecule has 88 valence electrons. The number of methoxy groups -OCH3 is 1. The van der Waals surface area contributed by atoms with Gasteiger partial charge in [0.1, 0.15) is 0 Å². The molecule has 2 rings (SSSR count). The molecular formula is C12H11ClN2O2. The fourth-order valence-corrected chi connectivity index (χ4v) is 1.78. The van der Waals surface area contributed by atoms with E-state index in [4.69, 9.17) is 11.6 Å². The lowest BCUT2D eigenvalue weighted by Crippen LogP contribution is -2.02. The molecular weight excluding hydrogens is 240 g/mol. The number of nitrogens with zero attached hydrogens (tertiary/aromatic N) is 2. The highest BCUT2D eigenvalue weighted by atomic mass is 35.5. The van der Waals surface area contributed by atoms with Gasteiger partial charge >= 0.3 is 5.97 Å². The molecule has 0 fully saturated rings. The molecule has 0 aliphatic rings. The molecule has 1 aromatic heterocycles. The SMILES string of the molecule is COC(=O)c1cc(-c2cccc(Cl)c2)n(C)n1. The highest BCUT2D eigenvalue weighted by molar-refractivity contribution is 6.30. The number of aromatic nitrogens is 2. The Morgan fingerprint density at radius 3 is 2.82 bits per heavy atom. The number of hydrogen-bond acceptors (Lipinski definition) is 3. The zero-order valence-corrected chi connectivity index (χ0v) is 10.2. The molecule has 0 N–H and O–H groups in total. The van der Waals surface area contributed by atoms with E-state index < -0.39 is 5.97 Å². The third-order valence-electron chi connectivity index (χ3n) is 2.39. The van der Waals surface area contributed by atoms with Crippen molar-refractivity contribution in [2.75, 3.05) is 7.11 Å². The molecule has 4 nitrogen and oxygen atoms in total. The lowest BCUT2D eigenvalue weighted by molar-refractivity contribution is 0.0593. The van der Waals surface area contributed by atoms with Gasteiger partial charge in [-0.15, -0.1) is 0 Å². The van der Waals surface area contributed by atoms with Gasteiger partial charge in [0.25, 0.3) is 0 Å². The van der Waals surface area contributed by atoms with Crippen molar-refractivity contribution in [2.45, 2.75) is 0 Å². The van der Waals surface area contributed by atoms with E-state index >= 15 is 0 Å². The molecule has 0 aliphatic carbocycles. The minimum absolute atomic E-state index is 0.282. The Morgan fingerprint density at radius 2 is 2.18 bits per heavy atom. The zero-order chi connectivity index (χ0) is 12.4. The van der Waals surface area contributed by atoms with Crippen LogP contribution in [-0.4, -0.2) is 22.9 Å². The molecule has 0 aliphatic heterocycles. The number of carbonyl (C=O) groups excluding carboxylic acids is 1. The molecule has 0 saturated carbocycles. The number of ether oxygens (including phenoxy) is 1. The summed E-state index contributed by atoms with van der Waals surface area (Å²) in [6.07, 6.45) is 0. The minimum Gasteiger partial charge on any atom is -0.464 e. The second-order valence-corrected chi connectivity index (χ2v) is 3.98. The van der Waals surface area contributed by atoms with Crippen molar-refractivity contribution in [3.8, 4) is 11.3 Å². The van der Waals surface area contributed by atoms with E-state index in [1.54, 1.807) is 23.9 Å². The van der Waals surface area contributed by atoms with Gasteiger partial charge in [-0.1, -0.05) is 23.7 Å². The maximum absolute atomic E-state index is 11.4. The summed E-state index contributed by atoms with van der Waals surface area (Å²) < 4.78 is 6.25. The first-order valence-corrected chi connectivity index (χ1v) is 5.38. The van der Waals surface area contributed by atoms with Gasteiger partial charge in [-0.05, 0) is 18.2 Å². The Kier molecular flexibility index (Phi) is 3.15. The second kappa shape index (κ2) is 4.59. The van der Waals surface area contributed by atoms with Crippen LogP contribution in [0.2, 0.25) is 5.02 Å². The van der Waals surface area contributed by atoms with E-state index in [1.165, 1.54) is 7.11 Å². The molecule has 1 aromatic carbocycles. The third-order valence-corrected chi connectivity index (χ3v) is 2.63. The average Bonchev–Trinajstić information content (AvgIpc) is 2.70. The number of aryl methyl sites for hydroxylation is 1. The summed E-state index contributed by atoms with van der Waals surface area (Å²) in [6.45, 7) is 0. The Labute approximate surface area is 104 Å². The minimum atomic E-state index is -0.450. The summed E-state index contributed by atoms with van der Waals surface area (Å²) in [5.74, 6) is -0.450. The van der Waals surface area contributed by atoms with E-state index in [2.05, 4.69) is 9.84 Å². The number of rotatable bonds is 2. The Balaban J connectivity index is 2.46. The van der Waals surface area contributed by atoms with Crippen molar-refractivity contribution in [3.63, 3.8) is 0 Å². The topological polar surface area (TPSA) is 44.1 Å². The van der Waals surface area contributed by atoms with Gasteiger partial charge in [0.15, 0.2) is 5.69 Å². The highest BCUT2D eigenvalue weighted by Crippen LogP contribution is 2.23. The predicted octanol–water partition coefficient (Wildman–Crippen LogP) is 2.53. The summed E-state index contributed by atoms with van der Waals surface area (Å²) in [5.41, 5.74) is 2.00. The Hall–Kier alpha value is -1.81. The van der Waals surface area contributed by atoms with Gasteiger partial charge in [0, 0.05) is 17.6 Å². The number of halogens is 1. The zero-order valence-electron chi connectivity index (χ0n) is 9.48. The van der Waals surface area contributed by atoms with Crippen molar-refractivity contribution < 1.29 is 9.53 Å². The van der Waals surface area contributed by atoms with Crippen LogP contribution in [0.3, 0.4) is 0 Å². The lowest BCUT2D eigenvalue weighted by Gasteiger charge is -2.01. The molecule has 0 atom stereocenters. The van der Waals surface area contributed by atoms with Crippen LogP contribution in [0, 0.1) is 0 Å².